The molecule has 146 valence electrons. The molecule has 0 saturated heterocycles. The summed E-state index contributed by atoms with van der Waals surface area (Å²) in [4.78, 5) is 15.2. The van der Waals surface area contributed by atoms with Gasteiger partial charge in [-0.3, -0.25) is 15.2 Å². The molecule has 0 aliphatic heterocycles. The Morgan fingerprint density at radius 1 is 1.23 bits per heavy atom. The molecule has 4 rings (SSSR count). The molecule has 0 saturated carbocycles. The van der Waals surface area contributed by atoms with Crippen LogP contribution in [0.15, 0.2) is 60.1 Å². The van der Waals surface area contributed by atoms with Crippen molar-refractivity contribution in [2.45, 2.75) is 6.92 Å². The van der Waals surface area contributed by atoms with Crippen LogP contribution in [0.2, 0.25) is 0 Å². The number of hydrogen-bond donors (Lipinski definition) is 1. The Kier molecular flexibility index (Phi) is 5.20. The number of nitro groups is 1. The molecule has 7 nitrogen and oxygen atoms in total. The quantitative estimate of drug-likeness (QED) is 0.265. The maximum Gasteiger partial charge on any atom is 0.270 e. The predicted molar refractivity (Wildman–Crippen MR) is 116 cm³/mol. The lowest BCUT2D eigenvalue weighted by molar-refractivity contribution is -0.384. The van der Waals surface area contributed by atoms with Crippen molar-refractivity contribution in [3.05, 3.63) is 86.4 Å². The molecule has 0 bridgehead atoms. The second-order valence-electron chi connectivity index (χ2n) is 6.58. The second kappa shape index (κ2) is 8.11. The summed E-state index contributed by atoms with van der Waals surface area (Å²) in [6.45, 7) is 2.02. The third-order valence-electron chi connectivity index (χ3n) is 4.52. The number of aromatic amines is 1. The smallest absolute Gasteiger partial charge is 0.270 e. The lowest BCUT2D eigenvalue weighted by atomic mass is 10.1. The highest BCUT2D eigenvalue weighted by Gasteiger charge is 2.14. The summed E-state index contributed by atoms with van der Waals surface area (Å²) in [6, 6.07) is 16.5. The number of aryl methyl sites for hydroxylation is 1. The van der Waals surface area contributed by atoms with Gasteiger partial charge >= 0.3 is 0 Å². The van der Waals surface area contributed by atoms with Gasteiger partial charge < -0.3 is 0 Å². The molecule has 0 aliphatic rings. The summed E-state index contributed by atoms with van der Waals surface area (Å²) in [5.41, 5.74) is 5.21. The summed E-state index contributed by atoms with van der Waals surface area (Å²) in [5.74, 6) is 0. The minimum Gasteiger partial charge on any atom is -0.277 e. The Labute approximate surface area is 176 Å². The van der Waals surface area contributed by atoms with Crippen molar-refractivity contribution >= 4 is 28.7 Å². The number of thiazole rings is 1. The van der Waals surface area contributed by atoms with Crippen LogP contribution in [0.4, 0.5) is 5.69 Å². The third-order valence-corrected chi connectivity index (χ3v) is 5.39. The Morgan fingerprint density at radius 2 is 2.03 bits per heavy atom. The van der Waals surface area contributed by atoms with E-state index in [2.05, 4.69) is 21.3 Å². The molecule has 0 fully saturated rings. The summed E-state index contributed by atoms with van der Waals surface area (Å²) < 4.78 is 0. The van der Waals surface area contributed by atoms with E-state index >= 15 is 0 Å². The van der Waals surface area contributed by atoms with Gasteiger partial charge in [-0.1, -0.05) is 42.0 Å². The Balaban J connectivity index is 1.69. The van der Waals surface area contributed by atoms with Gasteiger partial charge in [-0.2, -0.15) is 10.4 Å². The van der Waals surface area contributed by atoms with E-state index in [0.717, 1.165) is 11.3 Å². The summed E-state index contributed by atoms with van der Waals surface area (Å²) in [7, 11) is 0. The number of nitrogens with zero attached hydrogens (tertiary/aromatic N) is 4. The third kappa shape index (κ3) is 3.87. The molecule has 0 aliphatic carbocycles. The van der Waals surface area contributed by atoms with Crippen LogP contribution in [0.1, 0.15) is 16.1 Å². The standard InChI is InChI=1S/C22H15N5O2S/c1-14-5-7-15(8-6-14)20-13-30-22(25-20)17(11-23)9-18-12-24-26-21(18)16-3-2-4-19(10-16)27(28)29/h2-10,12-13H,1H3,(H,24,26)/b17-9-. The first-order valence-electron chi connectivity index (χ1n) is 8.98. The van der Waals surface area contributed by atoms with Crippen LogP contribution in [0, 0.1) is 28.4 Å². The second-order valence-corrected chi connectivity index (χ2v) is 7.44. The number of hydrogen-bond acceptors (Lipinski definition) is 6. The minimum atomic E-state index is -0.446. The lowest BCUT2D eigenvalue weighted by Crippen LogP contribution is -1.89. The highest BCUT2D eigenvalue weighted by molar-refractivity contribution is 7.11. The van der Waals surface area contributed by atoms with E-state index in [0.29, 0.717) is 27.4 Å². The topological polar surface area (TPSA) is 108 Å². The number of benzene rings is 2. The van der Waals surface area contributed by atoms with Crippen molar-refractivity contribution < 1.29 is 4.92 Å². The van der Waals surface area contributed by atoms with E-state index in [9.17, 15) is 15.4 Å². The highest BCUT2D eigenvalue weighted by atomic mass is 32.1. The van der Waals surface area contributed by atoms with E-state index in [-0.39, 0.29) is 5.69 Å². The van der Waals surface area contributed by atoms with Gasteiger partial charge in [-0.05, 0) is 13.0 Å². The van der Waals surface area contributed by atoms with Crippen molar-refractivity contribution in [3.63, 3.8) is 0 Å². The largest absolute Gasteiger partial charge is 0.277 e. The van der Waals surface area contributed by atoms with Gasteiger partial charge in [0.2, 0.25) is 0 Å². The van der Waals surface area contributed by atoms with Gasteiger partial charge in [0, 0.05) is 34.2 Å². The van der Waals surface area contributed by atoms with Gasteiger partial charge in [0.15, 0.2) is 0 Å². The lowest BCUT2D eigenvalue weighted by Gasteiger charge is -2.01. The number of rotatable bonds is 5. The number of non-ortho nitro benzene ring substituents is 1. The molecule has 0 radical (unpaired) electrons. The fourth-order valence-corrected chi connectivity index (χ4v) is 3.76. The molecule has 0 unspecified atom stereocenters. The van der Waals surface area contributed by atoms with Gasteiger partial charge in [-0.25, -0.2) is 4.98 Å². The van der Waals surface area contributed by atoms with E-state index in [4.69, 9.17) is 0 Å². The Bertz CT molecular complexity index is 1300. The fourth-order valence-electron chi connectivity index (χ4n) is 2.96. The van der Waals surface area contributed by atoms with E-state index in [1.807, 2.05) is 36.6 Å². The van der Waals surface area contributed by atoms with Crippen molar-refractivity contribution in [1.29, 1.82) is 5.26 Å². The van der Waals surface area contributed by atoms with Crippen LogP contribution in [0.3, 0.4) is 0 Å². The molecule has 2 heterocycles. The zero-order valence-electron chi connectivity index (χ0n) is 15.9. The van der Waals surface area contributed by atoms with Gasteiger partial charge in [0.1, 0.15) is 11.1 Å². The molecule has 0 atom stereocenters. The van der Waals surface area contributed by atoms with Crippen molar-refractivity contribution in [3.8, 4) is 28.6 Å². The molecule has 1 N–H and O–H groups in total. The fraction of sp³-hybridized carbons (Fsp3) is 0.0455. The number of nitrogens with one attached hydrogen (secondary N) is 1. The number of aromatic nitrogens is 3. The van der Waals surface area contributed by atoms with Gasteiger partial charge in [0.05, 0.1) is 28.1 Å². The first-order chi connectivity index (χ1) is 14.5. The number of nitriles is 1. The number of H-pyrrole nitrogens is 1. The van der Waals surface area contributed by atoms with Crippen molar-refractivity contribution in [2.75, 3.05) is 0 Å². The molecule has 2 aromatic heterocycles. The molecule has 8 heteroatoms. The Hall–Kier alpha value is -4.09. The Morgan fingerprint density at radius 3 is 2.77 bits per heavy atom. The van der Waals surface area contributed by atoms with Crippen LogP contribution in [0.25, 0.3) is 34.2 Å². The maximum atomic E-state index is 11.1. The molecule has 2 aromatic carbocycles. The molecular formula is C22H15N5O2S. The van der Waals surface area contributed by atoms with E-state index in [1.54, 1.807) is 24.4 Å². The van der Waals surface area contributed by atoms with Gasteiger partial charge in [0.25, 0.3) is 5.69 Å². The zero-order valence-corrected chi connectivity index (χ0v) is 16.7. The van der Waals surface area contributed by atoms with Crippen LogP contribution in [-0.2, 0) is 0 Å². The van der Waals surface area contributed by atoms with Crippen LogP contribution < -0.4 is 0 Å². The molecule has 0 spiro atoms. The normalized spacial score (nSPS) is 11.3. The zero-order chi connectivity index (χ0) is 21.1. The van der Waals surface area contributed by atoms with Crippen LogP contribution >= 0.6 is 11.3 Å². The molecular weight excluding hydrogens is 398 g/mol. The molecule has 4 aromatic rings. The van der Waals surface area contributed by atoms with E-state index in [1.165, 1.54) is 29.0 Å². The SMILES string of the molecule is Cc1ccc(-c2csc(/C(C#N)=C\c3cn[nH]c3-c3cccc([N+](=O)[O-])c3)n2)cc1. The van der Waals surface area contributed by atoms with E-state index < -0.39 is 4.92 Å². The average Bonchev–Trinajstić information content (AvgIpc) is 3.42. The summed E-state index contributed by atoms with van der Waals surface area (Å²) in [5, 5.41) is 30.2. The summed E-state index contributed by atoms with van der Waals surface area (Å²) >= 11 is 1.39. The predicted octanol–water partition coefficient (Wildman–Crippen LogP) is 5.48. The molecule has 30 heavy (non-hydrogen) atoms. The summed E-state index contributed by atoms with van der Waals surface area (Å²) in [6.07, 6.45) is 3.27. The van der Waals surface area contributed by atoms with Crippen molar-refractivity contribution in [1.82, 2.24) is 15.2 Å². The average molecular weight is 413 g/mol. The number of allylic oxidation sites excluding steroid dienone is 1. The van der Waals surface area contributed by atoms with Crippen molar-refractivity contribution in [2.24, 2.45) is 0 Å². The van der Waals surface area contributed by atoms with Crippen LogP contribution in [-0.4, -0.2) is 20.1 Å². The number of nitro benzene ring substituents is 1. The highest BCUT2D eigenvalue weighted by Crippen LogP contribution is 2.30. The van der Waals surface area contributed by atoms with Crippen LogP contribution in [0.5, 0.6) is 0 Å². The maximum absolute atomic E-state index is 11.1. The van der Waals surface area contributed by atoms with Gasteiger partial charge in [-0.15, -0.1) is 11.3 Å². The minimum absolute atomic E-state index is 0.0137. The first-order valence-corrected chi connectivity index (χ1v) is 9.86. The monoisotopic (exact) mass is 413 g/mol. The molecule has 0 amide bonds. The first kappa shape index (κ1) is 19.2.